The number of carbonyl (C=O) groups excluding carboxylic acids is 1. The van der Waals surface area contributed by atoms with Crippen LogP contribution in [0.25, 0.3) is 0 Å². The fraction of sp³-hybridized carbons (Fsp3) is 0.200. The lowest BCUT2D eigenvalue weighted by Gasteiger charge is -2.11. The summed E-state index contributed by atoms with van der Waals surface area (Å²) in [6.07, 6.45) is 1.38. The van der Waals surface area contributed by atoms with Crippen molar-refractivity contribution in [2.45, 2.75) is 27.7 Å². The monoisotopic (exact) mass is 429 g/mol. The second-order valence-electron chi connectivity index (χ2n) is 7.63. The Bertz CT molecular complexity index is 1160. The van der Waals surface area contributed by atoms with E-state index in [1.54, 1.807) is 12.1 Å². The molecule has 3 aromatic rings. The third-order valence-electron chi connectivity index (χ3n) is 5.08. The quantitative estimate of drug-likeness (QED) is 0.259. The Hall–Kier alpha value is -4.00. The number of rotatable bonds is 7. The van der Waals surface area contributed by atoms with E-state index in [1.165, 1.54) is 17.8 Å². The summed E-state index contributed by atoms with van der Waals surface area (Å²) in [6, 6.07) is 16.6. The highest BCUT2D eigenvalue weighted by Crippen LogP contribution is 2.25. The largest absolute Gasteiger partial charge is 0.507 e. The van der Waals surface area contributed by atoms with Gasteiger partial charge in [0.25, 0.3) is 5.91 Å². The molecule has 7 heteroatoms. The summed E-state index contributed by atoms with van der Waals surface area (Å²) in [4.78, 5) is 12.1. The van der Waals surface area contributed by atoms with Crippen molar-refractivity contribution in [1.82, 2.24) is 5.43 Å². The van der Waals surface area contributed by atoms with Crippen LogP contribution in [0.2, 0.25) is 0 Å². The van der Waals surface area contributed by atoms with Crippen LogP contribution < -0.4 is 10.7 Å². The Morgan fingerprint density at radius 2 is 1.53 bits per heavy atom. The second-order valence-corrected chi connectivity index (χ2v) is 7.63. The molecule has 3 N–H and O–H groups in total. The fourth-order valence-electron chi connectivity index (χ4n) is 3.09. The minimum absolute atomic E-state index is 0.0294. The van der Waals surface area contributed by atoms with E-state index in [4.69, 9.17) is 0 Å². The van der Waals surface area contributed by atoms with Crippen LogP contribution in [0.4, 0.5) is 17.1 Å². The first-order chi connectivity index (χ1) is 15.3. The number of amides is 1. The van der Waals surface area contributed by atoms with Crippen molar-refractivity contribution in [3.63, 3.8) is 0 Å². The van der Waals surface area contributed by atoms with Crippen molar-refractivity contribution in [2.75, 3.05) is 11.9 Å². The zero-order valence-corrected chi connectivity index (χ0v) is 18.7. The van der Waals surface area contributed by atoms with E-state index < -0.39 is 0 Å². The average molecular weight is 430 g/mol. The molecule has 0 heterocycles. The molecule has 0 saturated heterocycles. The first-order valence-electron chi connectivity index (χ1n) is 10.3. The summed E-state index contributed by atoms with van der Waals surface area (Å²) >= 11 is 0. The predicted molar refractivity (Wildman–Crippen MR) is 128 cm³/mol. The molecule has 0 spiro atoms. The fourth-order valence-corrected chi connectivity index (χ4v) is 3.09. The van der Waals surface area contributed by atoms with Crippen molar-refractivity contribution in [1.29, 1.82) is 0 Å². The van der Waals surface area contributed by atoms with Gasteiger partial charge in [-0.2, -0.15) is 15.3 Å². The van der Waals surface area contributed by atoms with Gasteiger partial charge in [-0.3, -0.25) is 4.79 Å². The number of hydrogen-bond donors (Lipinski definition) is 3. The smallest absolute Gasteiger partial charge is 0.259 e. The molecule has 32 heavy (non-hydrogen) atoms. The topological polar surface area (TPSA) is 98.4 Å². The number of hydrazone groups is 1. The van der Waals surface area contributed by atoms with E-state index >= 15 is 0 Å². The van der Waals surface area contributed by atoms with Gasteiger partial charge in [0.2, 0.25) is 0 Å². The molecule has 3 rings (SSSR count). The number of aryl methyl sites for hydroxylation is 4. The van der Waals surface area contributed by atoms with Gasteiger partial charge in [0, 0.05) is 11.3 Å². The minimum atomic E-state index is -0.297. The number of nitrogens with zero attached hydrogens (tertiary/aromatic N) is 3. The number of para-hydroxylation sites is 1. The number of aromatic hydroxyl groups is 1. The summed E-state index contributed by atoms with van der Waals surface area (Å²) in [7, 11) is 0. The molecular formula is C25H27N5O2. The summed E-state index contributed by atoms with van der Waals surface area (Å²) < 4.78 is 0. The molecule has 164 valence electrons. The maximum absolute atomic E-state index is 12.1. The van der Waals surface area contributed by atoms with E-state index in [0.29, 0.717) is 11.3 Å². The highest BCUT2D eigenvalue weighted by Gasteiger charge is 2.05. The van der Waals surface area contributed by atoms with E-state index in [1.807, 2.05) is 64.1 Å². The van der Waals surface area contributed by atoms with Gasteiger partial charge in [0.15, 0.2) is 0 Å². The Kier molecular flexibility index (Phi) is 7.33. The normalized spacial score (nSPS) is 11.2. The summed E-state index contributed by atoms with van der Waals surface area (Å²) in [5.41, 5.74) is 9.60. The molecule has 0 aliphatic rings. The van der Waals surface area contributed by atoms with Gasteiger partial charge in [0.05, 0.1) is 24.1 Å². The summed E-state index contributed by atoms with van der Waals surface area (Å²) in [6.45, 7) is 8.12. The number of anilines is 1. The maximum Gasteiger partial charge on any atom is 0.259 e. The predicted octanol–water partition coefficient (Wildman–Crippen LogP) is 5.60. The SMILES string of the molecule is Cc1ccc(N=Nc2ccc(O)c(/C=N/NC(=O)CNc3c(C)cccc3C)c2)cc1C. The average Bonchev–Trinajstić information content (AvgIpc) is 2.76. The van der Waals surface area contributed by atoms with Crippen molar-refractivity contribution >= 4 is 29.2 Å². The Balaban J connectivity index is 1.61. The van der Waals surface area contributed by atoms with Crippen LogP contribution in [-0.2, 0) is 4.79 Å². The van der Waals surface area contributed by atoms with Crippen molar-refractivity contribution in [3.8, 4) is 5.75 Å². The van der Waals surface area contributed by atoms with Gasteiger partial charge in [-0.15, -0.1) is 0 Å². The number of benzene rings is 3. The number of nitrogens with one attached hydrogen (secondary N) is 2. The van der Waals surface area contributed by atoms with Gasteiger partial charge in [-0.1, -0.05) is 24.3 Å². The van der Waals surface area contributed by atoms with Gasteiger partial charge in [-0.05, 0) is 80.3 Å². The molecule has 0 radical (unpaired) electrons. The van der Waals surface area contributed by atoms with E-state index in [-0.39, 0.29) is 18.2 Å². The lowest BCUT2D eigenvalue weighted by molar-refractivity contribution is -0.119. The molecule has 0 fully saturated rings. The summed E-state index contributed by atoms with van der Waals surface area (Å²) in [5.74, 6) is -0.268. The van der Waals surface area contributed by atoms with Crippen LogP contribution in [0.1, 0.15) is 27.8 Å². The van der Waals surface area contributed by atoms with E-state index in [2.05, 4.69) is 26.1 Å². The first-order valence-corrected chi connectivity index (χ1v) is 10.3. The van der Waals surface area contributed by atoms with Crippen LogP contribution in [0.3, 0.4) is 0 Å². The lowest BCUT2D eigenvalue weighted by Crippen LogP contribution is -2.26. The number of azo groups is 1. The van der Waals surface area contributed by atoms with Crippen LogP contribution in [0.15, 0.2) is 69.9 Å². The van der Waals surface area contributed by atoms with Crippen LogP contribution in [0.5, 0.6) is 5.75 Å². The Morgan fingerprint density at radius 3 is 2.22 bits per heavy atom. The van der Waals surface area contributed by atoms with Gasteiger partial charge >= 0.3 is 0 Å². The molecule has 7 nitrogen and oxygen atoms in total. The van der Waals surface area contributed by atoms with Crippen molar-refractivity contribution < 1.29 is 9.90 Å². The maximum atomic E-state index is 12.1. The Labute approximate surface area is 187 Å². The molecule has 0 aliphatic heterocycles. The zero-order chi connectivity index (χ0) is 23.1. The first kappa shape index (κ1) is 22.7. The third kappa shape index (κ3) is 6.01. The van der Waals surface area contributed by atoms with Gasteiger partial charge in [-0.25, -0.2) is 5.43 Å². The minimum Gasteiger partial charge on any atom is -0.507 e. The van der Waals surface area contributed by atoms with E-state index in [9.17, 15) is 9.90 Å². The highest BCUT2D eigenvalue weighted by atomic mass is 16.3. The highest BCUT2D eigenvalue weighted by molar-refractivity contribution is 5.87. The van der Waals surface area contributed by atoms with Gasteiger partial charge in [0.1, 0.15) is 5.75 Å². The molecule has 0 bridgehead atoms. The van der Waals surface area contributed by atoms with Crippen LogP contribution in [-0.4, -0.2) is 23.8 Å². The van der Waals surface area contributed by atoms with Crippen molar-refractivity contribution in [3.05, 3.63) is 82.4 Å². The number of hydrogen-bond acceptors (Lipinski definition) is 6. The van der Waals surface area contributed by atoms with Crippen LogP contribution >= 0.6 is 0 Å². The number of phenolic OH excluding ortho intramolecular Hbond substituents is 1. The molecule has 0 aliphatic carbocycles. The number of carbonyl (C=O) groups is 1. The van der Waals surface area contributed by atoms with E-state index in [0.717, 1.165) is 28.1 Å². The molecule has 0 unspecified atom stereocenters. The van der Waals surface area contributed by atoms with Crippen molar-refractivity contribution in [2.24, 2.45) is 15.3 Å². The molecule has 1 amide bonds. The molecule has 0 atom stereocenters. The van der Waals surface area contributed by atoms with Crippen LogP contribution in [0, 0.1) is 27.7 Å². The molecule has 0 aromatic heterocycles. The lowest BCUT2D eigenvalue weighted by atomic mass is 10.1. The summed E-state index contributed by atoms with van der Waals surface area (Å²) in [5, 5.41) is 25.6. The third-order valence-corrected chi connectivity index (χ3v) is 5.08. The second kappa shape index (κ2) is 10.3. The molecule has 3 aromatic carbocycles. The number of phenols is 1. The molecule has 0 saturated carbocycles. The zero-order valence-electron chi connectivity index (χ0n) is 18.7. The standard InChI is InChI=1S/C25H27N5O2/c1-16-8-9-21(12-19(16)4)28-29-22-10-11-23(31)20(13-22)14-27-30-24(32)15-26-25-17(2)6-5-7-18(25)3/h5-14,26,31H,15H2,1-4H3,(H,30,32)/b27-14+,29-28?. The Morgan fingerprint density at radius 1 is 0.875 bits per heavy atom. The molecular weight excluding hydrogens is 402 g/mol. The van der Waals surface area contributed by atoms with Gasteiger partial charge < -0.3 is 10.4 Å².